The largest absolute Gasteiger partial charge is 0.240 e. The maximum absolute atomic E-state index is 11.8. The average molecular weight is 369 g/mol. The van der Waals surface area contributed by atoms with Gasteiger partial charge in [0, 0.05) is 16.4 Å². The fourth-order valence-electron chi connectivity index (χ4n) is 1.01. The number of nitrogens with one attached hydrogen (secondary N) is 1. The molecule has 0 aliphatic heterocycles. The first-order valence-electron chi connectivity index (χ1n) is 4.43. The molecule has 0 atom stereocenters. The van der Waals surface area contributed by atoms with E-state index >= 15 is 0 Å². The molecule has 3 nitrogen and oxygen atoms in total. The molecule has 88 valence electrons. The van der Waals surface area contributed by atoms with E-state index in [1.54, 1.807) is 24.3 Å². The van der Waals surface area contributed by atoms with Gasteiger partial charge in [-0.3, -0.25) is 0 Å². The van der Waals surface area contributed by atoms with Crippen LogP contribution in [0.25, 0.3) is 0 Å². The Labute approximate surface area is 112 Å². The van der Waals surface area contributed by atoms with Gasteiger partial charge >= 0.3 is 0 Å². The van der Waals surface area contributed by atoms with E-state index in [4.69, 9.17) is 0 Å². The lowest BCUT2D eigenvalue weighted by atomic mass is 10.2. The zero-order valence-corrected chi connectivity index (χ0v) is 12.4. The van der Waals surface area contributed by atoms with E-state index in [1.807, 2.05) is 0 Å². The minimum atomic E-state index is -3.44. The number of halogens is 2. The highest BCUT2D eigenvalue weighted by Crippen LogP contribution is 2.13. The average Bonchev–Trinajstić information content (AvgIpc) is 2.27. The molecule has 1 aromatic rings. The number of benzene rings is 1. The summed E-state index contributed by atoms with van der Waals surface area (Å²) >= 11 is 6.39. The highest BCUT2D eigenvalue weighted by Gasteiger charge is 2.12. The van der Waals surface area contributed by atoms with Crippen molar-refractivity contribution in [2.24, 2.45) is 0 Å². The molecular weight excluding hydrogens is 358 g/mol. The molecule has 0 heterocycles. The van der Waals surface area contributed by atoms with Gasteiger partial charge in [-0.2, -0.15) is 0 Å². The lowest BCUT2D eigenvalue weighted by Gasteiger charge is -2.06. The second-order valence-corrected chi connectivity index (χ2v) is 6.57. The van der Waals surface area contributed by atoms with Crippen LogP contribution in [0, 0.1) is 0 Å². The molecule has 16 heavy (non-hydrogen) atoms. The van der Waals surface area contributed by atoms with Crippen LogP contribution in [0.4, 0.5) is 0 Å². The van der Waals surface area contributed by atoms with Crippen molar-refractivity contribution in [2.45, 2.75) is 10.2 Å². The molecule has 0 aliphatic carbocycles. The Bertz CT molecular complexity index is 468. The van der Waals surface area contributed by atoms with Crippen molar-refractivity contribution < 1.29 is 8.42 Å². The SMILES string of the molecule is C=C(Br)CNS(=O)(=O)c1ccc(CBr)cc1. The first-order chi connectivity index (χ1) is 7.45. The monoisotopic (exact) mass is 367 g/mol. The Hall–Kier alpha value is -0.170. The van der Waals surface area contributed by atoms with Gasteiger partial charge in [-0.05, 0) is 17.7 Å². The summed E-state index contributed by atoms with van der Waals surface area (Å²) < 4.78 is 26.5. The summed E-state index contributed by atoms with van der Waals surface area (Å²) in [5, 5.41) is 0.707. The number of hydrogen-bond acceptors (Lipinski definition) is 2. The summed E-state index contributed by atoms with van der Waals surface area (Å²) in [6.45, 7) is 3.75. The van der Waals surface area contributed by atoms with E-state index in [0.717, 1.165) is 5.56 Å². The third kappa shape index (κ3) is 4.01. The molecule has 0 aliphatic rings. The van der Waals surface area contributed by atoms with Crippen molar-refractivity contribution in [1.82, 2.24) is 4.72 Å². The summed E-state index contributed by atoms with van der Waals surface area (Å²) in [6.07, 6.45) is 0. The van der Waals surface area contributed by atoms with Crippen molar-refractivity contribution >= 4 is 41.9 Å². The maximum Gasteiger partial charge on any atom is 0.240 e. The molecule has 0 saturated carbocycles. The van der Waals surface area contributed by atoms with Crippen molar-refractivity contribution in [2.75, 3.05) is 6.54 Å². The number of rotatable bonds is 5. The predicted octanol–water partition coefficient (Wildman–Crippen LogP) is 2.77. The van der Waals surface area contributed by atoms with Gasteiger partial charge in [0.1, 0.15) is 0 Å². The Kier molecular flexibility index (Phi) is 5.17. The topological polar surface area (TPSA) is 46.2 Å². The molecule has 0 spiro atoms. The molecule has 0 amide bonds. The lowest BCUT2D eigenvalue weighted by Crippen LogP contribution is -2.24. The van der Waals surface area contributed by atoms with Crippen LogP contribution in [0.2, 0.25) is 0 Å². The van der Waals surface area contributed by atoms with Gasteiger partial charge in [0.05, 0.1) is 4.90 Å². The fourth-order valence-corrected chi connectivity index (χ4v) is 2.74. The number of sulfonamides is 1. The van der Waals surface area contributed by atoms with Crippen LogP contribution in [0.1, 0.15) is 5.56 Å². The summed E-state index contributed by atoms with van der Waals surface area (Å²) in [4.78, 5) is 0.256. The van der Waals surface area contributed by atoms with Crippen molar-refractivity contribution in [3.8, 4) is 0 Å². The van der Waals surface area contributed by atoms with E-state index < -0.39 is 10.0 Å². The van der Waals surface area contributed by atoms with Crippen LogP contribution in [-0.2, 0) is 15.4 Å². The first-order valence-corrected chi connectivity index (χ1v) is 7.83. The number of hydrogen-bond donors (Lipinski definition) is 1. The Morgan fingerprint density at radius 3 is 2.31 bits per heavy atom. The minimum Gasteiger partial charge on any atom is -0.207 e. The second kappa shape index (κ2) is 5.95. The third-order valence-corrected chi connectivity index (χ3v) is 4.19. The maximum atomic E-state index is 11.8. The van der Waals surface area contributed by atoms with E-state index in [9.17, 15) is 8.42 Å². The Morgan fingerprint density at radius 2 is 1.88 bits per heavy atom. The summed E-state index contributed by atoms with van der Waals surface area (Å²) in [5.74, 6) is 0. The lowest BCUT2D eigenvalue weighted by molar-refractivity contribution is 0.585. The molecule has 0 bridgehead atoms. The van der Waals surface area contributed by atoms with E-state index in [1.165, 1.54) is 0 Å². The molecule has 0 unspecified atom stereocenters. The second-order valence-electron chi connectivity index (χ2n) is 3.12. The highest BCUT2D eigenvalue weighted by atomic mass is 79.9. The van der Waals surface area contributed by atoms with Crippen LogP contribution >= 0.6 is 31.9 Å². The van der Waals surface area contributed by atoms with Crippen molar-refractivity contribution in [3.63, 3.8) is 0 Å². The van der Waals surface area contributed by atoms with Gasteiger partial charge in [0.15, 0.2) is 0 Å². The van der Waals surface area contributed by atoms with Gasteiger partial charge in [-0.15, -0.1) is 0 Å². The third-order valence-electron chi connectivity index (χ3n) is 1.84. The molecule has 0 aromatic heterocycles. The van der Waals surface area contributed by atoms with E-state index in [-0.39, 0.29) is 11.4 Å². The molecule has 1 rings (SSSR count). The zero-order valence-electron chi connectivity index (χ0n) is 8.41. The van der Waals surface area contributed by atoms with Gasteiger partial charge in [0.25, 0.3) is 0 Å². The summed E-state index contributed by atoms with van der Waals surface area (Å²) in [6, 6.07) is 6.70. The molecule has 0 fully saturated rings. The van der Waals surface area contributed by atoms with E-state index in [0.29, 0.717) is 9.81 Å². The Balaban J connectivity index is 2.85. The van der Waals surface area contributed by atoms with Crippen molar-refractivity contribution in [1.29, 1.82) is 0 Å². The van der Waals surface area contributed by atoms with Gasteiger partial charge in [-0.25, -0.2) is 13.1 Å². The summed E-state index contributed by atoms with van der Waals surface area (Å²) in [7, 11) is -3.44. The smallest absolute Gasteiger partial charge is 0.207 e. The zero-order chi connectivity index (χ0) is 12.2. The molecule has 6 heteroatoms. The molecule has 0 radical (unpaired) electrons. The Morgan fingerprint density at radius 1 is 1.31 bits per heavy atom. The van der Waals surface area contributed by atoms with Crippen LogP contribution in [0.3, 0.4) is 0 Å². The first kappa shape index (κ1) is 13.9. The quantitative estimate of drug-likeness (QED) is 0.812. The molecule has 1 N–H and O–H groups in total. The van der Waals surface area contributed by atoms with Crippen LogP contribution in [0.15, 0.2) is 40.2 Å². The van der Waals surface area contributed by atoms with Crippen LogP contribution < -0.4 is 4.72 Å². The van der Waals surface area contributed by atoms with E-state index in [2.05, 4.69) is 43.2 Å². The van der Waals surface area contributed by atoms with Gasteiger partial charge in [-0.1, -0.05) is 50.6 Å². The normalized spacial score (nSPS) is 11.4. The predicted molar refractivity (Wildman–Crippen MR) is 72.3 cm³/mol. The summed E-state index contributed by atoms with van der Waals surface area (Å²) in [5.41, 5.74) is 1.03. The van der Waals surface area contributed by atoms with Gasteiger partial charge in [0.2, 0.25) is 10.0 Å². The van der Waals surface area contributed by atoms with Gasteiger partial charge < -0.3 is 0 Å². The molecule has 1 aromatic carbocycles. The minimum absolute atomic E-state index is 0.183. The standard InChI is InChI=1S/C10H11Br2NO2S/c1-8(12)7-13-16(14,15)10-4-2-9(6-11)3-5-10/h2-5,13H,1,6-7H2. The van der Waals surface area contributed by atoms with Crippen molar-refractivity contribution in [3.05, 3.63) is 40.9 Å². The number of alkyl halides is 1. The molecular formula is C10H11Br2NO2S. The highest BCUT2D eigenvalue weighted by molar-refractivity contribution is 9.11. The fraction of sp³-hybridized carbons (Fsp3) is 0.200. The van der Waals surface area contributed by atoms with Crippen LogP contribution in [-0.4, -0.2) is 15.0 Å². The van der Waals surface area contributed by atoms with Crippen LogP contribution in [0.5, 0.6) is 0 Å². The molecule has 0 saturated heterocycles.